The Labute approximate surface area is 162 Å². The molecule has 0 aliphatic rings. The Bertz CT molecular complexity index is 287. The van der Waals surface area contributed by atoms with Crippen molar-refractivity contribution in [2.75, 3.05) is 60.7 Å². The van der Waals surface area contributed by atoms with Crippen molar-refractivity contribution in [3.63, 3.8) is 0 Å². The summed E-state index contributed by atoms with van der Waals surface area (Å²) < 4.78 is 27.0. The third-order valence-corrected chi connectivity index (χ3v) is 9.72. The number of rotatable bonds is 16. The Morgan fingerprint density at radius 2 is 1.31 bits per heavy atom. The van der Waals surface area contributed by atoms with Crippen LogP contribution in [0.1, 0.15) is 26.7 Å². The van der Waals surface area contributed by atoms with Crippen LogP contribution in [0.4, 0.5) is 0 Å². The molecular formula is C16H43N3O5Si2. The van der Waals surface area contributed by atoms with Gasteiger partial charge >= 0.3 is 17.4 Å². The van der Waals surface area contributed by atoms with Gasteiger partial charge in [0.2, 0.25) is 0 Å². The van der Waals surface area contributed by atoms with Crippen molar-refractivity contribution < 1.29 is 22.1 Å². The van der Waals surface area contributed by atoms with E-state index < -0.39 is 17.4 Å². The molecule has 10 heteroatoms. The van der Waals surface area contributed by atoms with Crippen LogP contribution >= 0.6 is 0 Å². The van der Waals surface area contributed by atoms with Crippen LogP contribution < -0.4 is 16.8 Å². The van der Waals surface area contributed by atoms with Crippen molar-refractivity contribution >= 4 is 17.4 Å². The van der Waals surface area contributed by atoms with Crippen LogP contribution in [0.25, 0.3) is 0 Å². The molecular weight excluding hydrogens is 370 g/mol. The smallest absolute Gasteiger partial charge is 0.395 e. The summed E-state index contributed by atoms with van der Waals surface area (Å²) >= 11 is 0. The van der Waals surface area contributed by atoms with Crippen molar-refractivity contribution in [1.29, 1.82) is 0 Å². The molecule has 0 aliphatic heterocycles. The van der Waals surface area contributed by atoms with Crippen LogP contribution in [0, 0.1) is 0 Å². The molecule has 0 spiro atoms. The molecule has 8 nitrogen and oxygen atoms in total. The summed E-state index contributed by atoms with van der Waals surface area (Å²) in [6.07, 6.45) is 1.98. The van der Waals surface area contributed by atoms with E-state index in [2.05, 4.69) is 11.9 Å². The number of hydrogen-bond acceptors (Lipinski definition) is 8. The van der Waals surface area contributed by atoms with Gasteiger partial charge in [-0.3, -0.25) is 0 Å². The Hall–Kier alpha value is 0.114. The van der Waals surface area contributed by atoms with Gasteiger partial charge in [0.05, 0.1) is 0 Å². The lowest BCUT2D eigenvalue weighted by Crippen LogP contribution is -2.42. The second-order valence-corrected chi connectivity index (χ2v) is 12.3. The minimum absolute atomic E-state index is 0.644. The van der Waals surface area contributed by atoms with Crippen LogP contribution in [0.5, 0.6) is 0 Å². The van der Waals surface area contributed by atoms with E-state index in [-0.39, 0.29) is 0 Å². The molecule has 0 aromatic heterocycles. The normalized spacial score (nSPS) is 12.0. The maximum Gasteiger partial charge on any atom is 0.500 e. The molecule has 0 radical (unpaired) electrons. The lowest BCUT2D eigenvalue weighted by molar-refractivity contribution is 0.123. The molecule has 0 aromatic carbocycles. The van der Waals surface area contributed by atoms with Gasteiger partial charge in [-0.25, -0.2) is 0 Å². The topological polar surface area (TPSA) is 110 Å². The van der Waals surface area contributed by atoms with E-state index in [9.17, 15) is 0 Å². The lowest BCUT2D eigenvalue weighted by Gasteiger charge is -2.25. The Morgan fingerprint density at radius 1 is 0.769 bits per heavy atom. The van der Waals surface area contributed by atoms with E-state index >= 15 is 0 Å². The van der Waals surface area contributed by atoms with E-state index in [0.29, 0.717) is 13.1 Å². The van der Waals surface area contributed by atoms with Crippen LogP contribution in [0.2, 0.25) is 18.6 Å². The van der Waals surface area contributed by atoms with E-state index in [1.807, 2.05) is 13.8 Å². The Balaban J connectivity index is 0. The first-order valence-electron chi connectivity index (χ1n) is 9.47. The molecule has 0 unspecified atom stereocenters. The summed E-state index contributed by atoms with van der Waals surface area (Å²) in [5.41, 5.74) is 10.7. The average molecular weight is 414 g/mol. The highest BCUT2D eigenvalue weighted by Gasteiger charge is 2.36. The van der Waals surface area contributed by atoms with E-state index in [1.165, 1.54) is 0 Å². The van der Waals surface area contributed by atoms with Crippen molar-refractivity contribution in [3.8, 4) is 0 Å². The largest absolute Gasteiger partial charge is 0.500 e. The van der Waals surface area contributed by atoms with Gasteiger partial charge in [-0.15, -0.1) is 0 Å². The highest BCUT2D eigenvalue weighted by atomic mass is 28.4. The van der Waals surface area contributed by atoms with Gasteiger partial charge in [0.1, 0.15) is 0 Å². The van der Waals surface area contributed by atoms with Gasteiger partial charge in [0, 0.05) is 53.7 Å². The fourth-order valence-corrected chi connectivity index (χ4v) is 6.59. The molecule has 160 valence electrons. The molecule has 0 fully saturated rings. The SMILES string of the molecule is CCO[Si](C)(CCCNCCN)OCC.CO[Si](CCCN)(OC)OC. The summed E-state index contributed by atoms with van der Waals surface area (Å²) in [6.45, 7) is 10.9. The minimum atomic E-state index is -2.32. The Morgan fingerprint density at radius 3 is 1.69 bits per heavy atom. The highest BCUT2D eigenvalue weighted by molar-refractivity contribution is 6.66. The van der Waals surface area contributed by atoms with Crippen LogP contribution in [0.15, 0.2) is 0 Å². The van der Waals surface area contributed by atoms with Gasteiger partial charge in [-0.05, 0) is 52.4 Å². The zero-order valence-electron chi connectivity index (χ0n) is 17.8. The molecule has 0 bridgehead atoms. The Kier molecular flexibility index (Phi) is 20.1. The van der Waals surface area contributed by atoms with Crippen LogP contribution in [0.3, 0.4) is 0 Å². The predicted octanol–water partition coefficient (Wildman–Crippen LogP) is 1.28. The van der Waals surface area contributed by atoms with Crippen molar-refractivity contribution in [1.82, 2.24) is 5.32 Å². The number of nitrogens with one attached hydrogen (secondary N) is 1. The summed E-state index contributed by atoms with van der Waals surface area (Å²) in [5.74, 6) is 0. The van der Waals surface area contributed by atoms with Gasteiger partial charge in [0.15, 0.2) is 0 Å². The third kappa shape index (κ3) is 14.2. The quantitative estimate of drug-likeness (QED) is 0.256. The first-order valence-corrected chi connectivity index (χ1v) is 13.9. The van der Waals surface area contributed by atoms with Gasteiger partial charge in [-0.2, -0.15) is 0 Å². The average Bonchev–Trinajstić information content (AvgIpc) is 2.64. The first kappa shape index (κ1) is 28.3. The maximum absolute atomic E-state index is 5.74. The molecule has 5 N–H and O–H groups in total. The fraction of sp³-hybridized carbons (Fsp3) is 1.00. The number of nitrogens with two attached hydrogens (primary N) is 2. The zero-order chi connectivity index (χ0) is 20.3. The first-order chi connectivity index (χ1) is 12.4. The van der Waals surface area contributed by atoms with Crippen molar-refractivity contribution in [3.05, 3.63) is 0 Å². The zero-order valence-corrected chi connectivity index (χ0v) is 19.8. The summed E-state index contributed by atoms with van der Waals surface area (Å²) in [4.78, 5) is 0. The van der Waals surface area contributed by atoms with E-state index in [1.54, 1.807) is 21.3 Å². The highest BCUT2D eigenvalue weighted by Crippen LogP contribution is 2.15. The molecule has 0 amide bonds. The summed E-state index contributed by atoms with van der Waals surface area (Å²) in [7, 11) is 0.621. The molecule has 0 heterocycles. The standard InChI is InChI=1S/C10H26N2O2Si.C6H17NO3Si/c1-4-13-15(3,14-5-2)10-6-8-12-9-7-11;1-8-11(9-2,10-3)6-4-5-7/h12H,4-11H2,1-3H3;4-7H2,1-3H3. The maximum atomic E-state index is 5.74. The van der Waals surface area contributed by atoms with E-state index in [0.717, 1.165) is 51.2 Å². The van der Waals surface area contributed by atoms with Gasteiger partial charge in [-0.1, -0.05) is 0 Å². The third-order valence-electron chi connectivity index (χ3n) is 3.82. The molecule has 0 aliphatic carbocycles. The van der Waals surface area contributed by atoms with Gasteiger partial charge in [0.25, 0.3) is 0 Å². The van der Waals surface area contributed by atoms with E-state index in [4.69, 9.17) is 33.6 Å². The second kappa shape index (κ2) is 18.5. The van der Waals surface area contributed by atoms with Crippen LogP contribution in [-0.4, -0.2) is 78.1 Å². The molecule has 0 saturated carbocycles. The fourth-order valence-electron chi connectivity index (χ4n) is 2.43. The summed E-state index contributed by atoms with van der Waals surface area (Å²) in [5, 5.41) is 3.28. The molecule has 26 heavy (non-hydrogen) atoms. The molecule has 0 rings (SSSR count). The predicted molar refractivity (Wildman–Crippen MR) is 111 cm³/mol. The monoisotopic (exact) mass is 413 g/mol. The lowest BCUT2D eigenvalue weighted by atomic mass is 10.5. The number of hydrogen-bond donors (Lipinski definition) is 3. The van der Waals surface area contributed by atoms with Crippen LogP contribution in [-0.2, 0) is 22.1 Å². The van der Waals surface area contributed by atoms with Gasteiger partial charge < -0.3 is 38.9 Å². The molecule has 0 saturated heterocycles. The van der Waals surface area contributed by atoms with Crippen molar-refractivity contribution in [2.45, 2.75) is 45.3 Å². The minimum Gasteiger partial charge on any atom is -0.395 e. The molecule has 0 atom stereocenters. The second-order valence-electron chi connectivity index (χ2n) is 5.83. The van der Waals surface area contributed by atoms with Crippen molar-refractivity contribution in [2.24, 2.45) is 11.5 Å². The molecule has 0 aromatic rings. The summed E-state index contributed by atoms with van der Waals surface area (Å²) in [6, 6.07) is 1.83.